The number of aromatic amines is 1. The Hall–Kier alpha value is -2.21. The van der Waals surface area contributed by atoms with Gasteiger partial charge in [0.05, 0.1) is 28.4 Å². The van der Waals surface area contributed by atoms with Crippen molar-refractivity contribution in [1.29, 1.82) is 0 Å². The monoisotopic (exact) mass is 274 g/mol. The predicted octanol–water partition coefficient (Wildman–Crippen LogP) is 3.03. The lowest BCUT2D eigenvalue weighted by molar-refractivity contribution is -0.384. The van der Waals surface area contributed by atoms with Crippen LogP contribution in [-0.2, 0) is 0 Å². The Labute approximate surface area is 117 Å². The minimum Gasteiger partial charge on any atom is -0.340 e. The van der Waals surface area contributed by atoms with Crippen LogP contribution in [-0.4, -0.2) is 14.9 Å². The first-order valence-electron chi connectivity index (χ1n) is 6.53. The van der Waals surface area contributed by atoms with Gasteiger partial charge in [0.25, 0.3) is 5.69 Å². The van der Waals surface area contributed by atoms with Gasteiger partial charge in [-0.3, -0.25) is 10.1 Å². The molecule has 0 amide bonds. The van der Waals surface area contributed by atoms with Gasteiger partial charge in [0.1, 0.15) is 5.82 Å². The van der Waals surface area contributed by atoms with Crippen LogP contribution in [0.4, 0.5) is 5.69 Å². The normalized spacial score (nSPS) is 12.6. The molecule has 1 atom stereocenters. The smallest absolute Gasteiger partial charge is 0.278 e. The number of benzene rings is 1. The first-order chi connectivity index (χ1) is 9.49. The number of hydrogen-bond acceptors (Lipinski definition) is 4. The minimum absolute atomic E-state index is 0.0557. The second-order valence-corrected chi connectivity index (χ2v) is 5.19. The van der Waals surface area contributed by atoms with Crippen LogP contribution in [0.25, 0.3) is 11.3 Å². The maximum absolute atomic E-state index is 11.0. The van der Waals surface area contributed by atoms with E-state index < -0.39 is 4.92 Å². The predicted molar refractivity (Wildman–Crippen MR) is 77.1 cm³/mol. The molecule has 1 aromatic heterocycles. The molecule has 2 aromatic rings. The third-order valence-electron chi connectivity index (χ3n) is 3.06. The zero-order valence-corrected chi connectivity index (χ0v) is 11.5. The zero-order valence-electron chi connectivity index (χ0n) is 11.5. The van der Waals surface area contributed by atoms with Gasteiger partial charge in [0, 0.05) is 6.07 Å². The lowest BCUT2D eigenvalue weighted by Gasteiger charge is -2.11. The molecule has 0 aliphatic carbocycles. The van der Waals surface area contributed by atoms with E-state index in [1.54, 1.807) is 24.4 Å². The van der Waals surface area contributed by atoms with Crippen molar-refractivity contribution < 1.29 is 4.92 Å². The summed E-state index contributed by atoms with van der Waals surface area (Å²) in [6, 6.07) is 6.39. The highest BCUT2D eigenvalue weighted by molar-refractivity contribution is 5.70. The average Bonchev–Trinajstić information content (AvgIpc) is 2.87. The number of para-hydroxylation sites is 1. The summed E-state index contributed by atoms with van der Waals surface area (Å²) in [5, 5.41) is 11.0. The molecule has 6 heteroatoms. The SMILES string of the molecule is CC(C)CC(N)c1ncc(-c2ccccc2[N+](=O)[O-])[nH]1. The number of nitrogens with two attached hydrogens (primary N) is 1. The van der Waals surface area contributed by atoms with Crippen LogP contribution in [0.5, 0.6) is 0 Å². The molecule has 0 aliphatic heterocycles. The second kappa shape index (κ2) is 5.83. The second-order valence-electron chi connectivity index (χ2n) is 5.19. The van der Waals surface area contributed by atoms with E-state index in [2.05, 4.69) is 23.8 Å². The molecule has 106 valence electrons. The van der Waals surface area contributed by atoms with Crippen LogP contribution in [0.2, 0.25) is 0 Å². The molecule has 0 saturated heterocycles. The van der Waals surface area contributed by atoms with Crippen molar-refractivity contribution in [3.63, 3.8) is 0 Å². The number of nitro groups is 1. The Morgan fingerprint density at radius 3 is 2.75 bits per heavy atom. The Morgan fingerprint density at radius 2 is 2.10 bits per heavy atom. The number of rotatable bonds is 5. The molecule has 1 unspecified atom stereocenters. The first kappa shape index (κ1) is 14.2. The van der Waals surface area contributed by atoms with E-state index in [-0.39, 0.29) is 11.7 Å². The average molecular weight is 274 g/mol. The fraction of sp³-hybridized carbons (Fsp3) is 0.357. The molecule has 0 saturated carbocycles. The molecule has 1 aromatic carbocycles. The summed E-state index contributed by atoms with van der Waals surface area (Å²) in [5.41, 5.74) is 7.25. The highest BCUT2D eigenvalue weighted by Crippen LogP contribution is 2.29. The molecule has 2 rings (SSSR count). The topological polar surface area (TPSA) is 97.8 Å². The van der Waals surface area contributed by atoms with Gasteiger partial charge < -0.3 is 10.7 Å². The summed E-state index contributed by atoms with van der Waals surface area (Å²) in [4.78, 5) is 18.0. The molecule has 0 aliphatic rings. The van der Waals surface area contributed by atoms with Gasteiger partial charge in [-0.15, -0.1) is 0 Å². The fourth-order valence-electron chi connectivity index (χ4n) is 2.14. The van der Waals surface area contributed by atoms with Gasteiger partial charge in [0.15, 0.2) is 0 Å². The van der Waals surface area contributed by atoms with Crippen molar-refractivity contribution in [2.24, 2.45) is 11.7 Å². The van der Waals surface area contributed by atoms with E-state index in [0.29, 0.717) is 23.0 Å². The van der Waals surface area contributed by atoms with Gasteiger partial charge >= 0.3 is 0 Å². The highest BCUT2D eigenvalue weighted by Gasteiger charge is 2.18. The van der Waals surface area contributed by atoms with Gasteiger partial charge in [-0.1, -0.05) is 26.0 Å². The van der Waals surface area contributed by atoms with Crippen molar-refractivity contribution in [2.45, 2.75) is 26.3 Å². The summed E-state index contributed by atoms with van der Waals surface area (Å²) >= 11 is 0. The number of imidazole rings is 1. The minimum atomic E-state index is -0.399. The summed E-state index contributed by atoms with van der Waals surface area (Å²) < 4.78 is 0. The van der Waals surface area contributed by atoms with Crippen molar-refractivity contribution in [2.75, 3.05) is 0 Å². The zero-order chi connectivity index (χ0) is 14.7. The number of hydrogen-bond donors (Lipinski definition) is 2. The molecule has 0 fully saturated rings. The fourth-order valence-corrected chi connectivity index (χ4v) is 2.14. The van der Waals surface area contributed by atoms with Gasteiger partial charge in [-0.25, -0.2) is 4.98 Å². The Morgan fingerprint density at radius 1 is 1.40 bits per heavy atom. The lowest BCUT2D eigenvalue weighted by atomic mass is 10.0. The molecular weight excluding hydrogens is 256 g/mol. The van der Waals surface area contributed by atoms with E-state index in [4.69, 9.17) is 5.73 Å². The van der Waals surface area contributed by atoms with Gasteiger partial charge in [0.2, 0.25) is 0 Å². The molecule has 0 spiro atoms. The molecule has 0 bridgehead atoms. The van der Waals surface area contributed by atoms with Crippen LogP contribution in [0.1, 0.15) is 32.1 Å². The molecular formula is C14H18N4O2. The standard InChI is InChI=1S/C14H18N4O2/c1-9(2)7-11(15)14-16-8-12(17-14)10-5-3-4-6-13(10)18(19)20/h3-6,8-9,11H,7,15H2,1-2H3,(H,16,17). The van der Waals surface area contributed by atoms with E-state index >= 15 is 0 Å². The van der Waals surface area contributed by atoms with Crippen LogP contribution in [0, 0.1) is 16.0 Å². The van der Waals surface area contributed by atoms with Crippen molar-refractivity contribution in [3.8, 4) is 11.3 Å². The van der Waals surface area contributed by atoms with Crippen molar-refractivity contribution >= 4 is 5.69 Å². The summed E-state index contributed by atoms with van der Waals surface area (Å²) in [5.74, 6) is 1.12. The Balaban J connectivity index is 2.32. The first-order valence-corrected chi connectivity index (χ1v) is 6.53. The van der Waals surface area contributed by atoms with Gasteiger partial charge in [-0.2, -0.15) is 0 Å². The quantitative estimate of drug-likeness (QED) is 0.646. The van der Waals surface area contributed by atoms with E-state index in [0.717, 1.165) is 6.42 Å². The number of nitrogens with zero attached hydrogens (tertiary/aromatic N) is 2. The van der Waals surface area contributed by atoms with Crippen molar-refractivity contribution in [1.82, 2.24) is 9.97 Å². The molecule has 3 N–H and O–H groups in total. The highest BCUT2D eigenvalue weighted by atomic mass is 16.6. The third-order valence-corrected chi connectivity index (χ3v) is 3.06. The number of H-pyrrole nitrogens is 1. The van der Waals surface area contributed by atoms with Crippen LogP contribution >= 0.6 is 0 Å². The van der Waals surface area contributed by atoms with E-state index in [1.807, 2.05) is 0 Å². The lowest BCUT2D eigenvalue weighted by Crippen LogP contribution is -2.14. The third kappa shape index (κ3) is 3.03. The molecule has 0 radical (unpaired) electrons. The number of nitrogens with one attached hydrogen (secondary N) is 1. The molecule has 6 nitrogen and oxygen atoms in total. The maximum Gasteiger partial charge on any atom is 0.278 e. The van der Waals surface area contributed by atoms with Crippen LogP contribution in [0.15, 0.2) is 30.5 Å². The maximum atomic E-state index is 11.0. The number of aromatic nitrogens is 2. The summed E-state index contributed by atoms with van der Waals surface area (Å²) in [7, 11) is 0. The summed E-state index contributed by atoms with van der Waals surface area (Å²) in [6.45, 7) is 4.18. The summed E-state index contributed by atoms with van der Waals surface area (Å²) in [6.07, 6.45) is 2.40. The van der Waals surface area contributed by atoms with E-state index in [9.17, 15) is 10.1 Å². The van der Waals surface area contributed by atoms with E-state index in [1.165, 1.54) is 6.07 Å². The van der Waals surface area contributed by atoms with Crippen LogP contribution < -0.4 is 5.73 Å². The van der Waals surface area contributed by atoms with Gasteiger partial charge in [-0.05, 0) is 18.4 Å². The largest absolute Gasteiger partial charge is 0.340 e. The van der Waals surface area contributed by atoms with Crippen molar-refractivity contribution in [3.05, 3.63) is 46.4 Å². The Kier molecular flexibility index (Phi) is 4.14. The van der Waals surface area contributed by atoms with Crippen LogP contribution in [0.3, 0.4) is 0 Å². The molecule has 1 heterocycles. The molecule has 20 heavy (non-hydrogen) atoms. The Bertz CT molecular complexity index is 607. The number of nitro benzene ring substituents is 1.